The topological polar surface area (TPSA) is 80.2 Å². The second-order valence-electron chi connectivity index (χ2n) is 5.67. The monoisotopic (exact) mass is 441 g/mol. The Morgan fingerprint density at radius 1 is 1.14 bits per heavy atom. The Kier molecular flexibility index (Phi) is 5.98. The van der Waals surface area contributed by atoms with Gasteiger partial charge >= 0.3 is 5.97 Å². The van der Waals surface area contributed by atoms with E-state index < -0.39 is 5.97 Å². The molecule has 0 aromatic heterocycles. The van der Waals surface area contributed by atoms with Crippen LogP contribution in [0.25, 0.3) is 0 Å². The summed E-state index contributed by atoms with van der Waals surface area (Å²) in [5, 5.41) is 1.98. The highest BCUT2D eigenvalue weighted by atomic mass is 35.5. The number of amidine groups is 1. The minimum absolute atomic E-state index is 0.0269. The normalized spacial score (nSPS) is 15.0. The summed E-state index contributed by atoms with van der Waals surface area (Å²) in [4.78, 5) is 28.6. The van der Waals surface area contributed by atoms with Crippen LogP contribution in [0, 0.1) is 0 Å². The van der Waals surface area contributed by atoms with Crippen molar-refractivity contribution < 1.29 is 19.1 Å². The summed E-state index contributed by atoms with van der Waals surface area (Å²) in [5.41, 5.74) is 3.80. The molecule has 1 aliphatic heterocycles. The molecular weight excluding hydrogens is 429 g/mol. The number of esters is 1. The van der Waals surface area contributed by atoms with Crippen LogP contribution in [0.4, 0.5) is 11.4 Å². The molecule has 0 saturated carbocycles. The lowest BCUT2D eigenvalue weighted by Gasteiger charge is -2.19. The third-order valence-electron chi connectivity index (χ3n) is 3.87. The number of amides is 1. The third kappa shape index (κ3) is 4.01. The predicted octanol–water partition coefficient (Wildman–Crippen LogP) is 4.41. The minimum Gasteiger partial charge on any atom is -0.494 e. The maximum absolute atomic E-state index is 12.5. The number of carbonyl (C=O) groups is 2. The molecule has 1 N–H and O–H groups in total. The molecule has 0 radical (unpaired) electrons. The van der Waals surface area contributed by atoms with Gasteiger partial charge in [-0.15, -0.1) is 0 Å². The SMILES string of the molecule is COC(=O)c1ccc(OC)c(N=C2CC(=O)N(c3c(Cl)cc(Cl)cc3Cl)N2)c1. The molecule has 0 bridgehead atoms. The van der Waals surface area contributed by atoms with Crippen LogP contribution in [0.3, 0.4) is 0 Å². The van der Waals surface area contributed by atoms with E-state index in [1.807, 2.05) is 0 Å². The quantitative estimate of drug-likeness (QED) is 0.709. The fourth-order valence-electron chi connectivity index (χ4n) is 2.61. The second-order valence-corrected chi connectivity index (χ2v) is 6.92. The van der Waals surface area contributed by atoms with Gasteiger partial charge in [-0.1, -0.05) is 34.8 Å². The van der Waals surface area contributed by atoms with Crippen LogP contribution in [0.5, 0.6) is 5.75 Å². The number of ether oxygens (including phenoxy) is 2. The van der Waals surface area contributed by atoms with E-state index in [4.69, 9.17) is 44.3 Å². The number of halogens is 3. The molecule has 0 unspecified atom stereocenters. The summed E-state index contributed by atoms with van der Waals surface area (Å²) >= 11 is 18.3. The van der Waals surface area contributed by atoms with Gasteiger partial charge in [0, 0.05) is 5.02 Å². The van der Waals surface area contributed by atoms with E-state index in [2.05, 4.69) is 10.4 Å². The molecule has 0 spiro atoms. The van der Waals surface area contributed by atoms with Gasteiger partial charge in [-0.3, -0.25) is 10.2 Å². The number of rotatable bonds is 4. The van der Waals surface area contributed by atoms with Crippen molar-refractivity contribution >= 4 is 63.9 Å². The predicted molar refractivity (Wildman–Crippen MR) is 108 cm³/mol. The number of aliphatic imine (C=N–C) groups is 1. The Labute approximate surface area is 175 Å². The summed E-state index contributed by atoms with van der Waals surface area (Å²) < 4.78 is 9.99. The Morgan fingerprint density at radius 3 is 2.43 bits per heavy atom. The maximum Gasteiger partial charge on any atom is 0.337 e. The number of hydrogen-bond donors (Lipinski definition) is 1. The Morgan fingerprint density at radius 2 is 1.82 bits per heavy atom. The van der Waals surface area contributed by atoms with Gasteiger partial charge in [0.15, 0.2) is 0 Å². The first kappa shape index (κ1) is 20.3. The van der Waals surface area contributed by atoms with Gasteiger partial charge in [0.1, 0.15) is 23.0 Å². The van der Waals surface area contributed by atoms with E-state index in [9.17, 15) is 9.59 Å². The van der Waals surface area contributed by atoms with Crippen LogP contribution in [-0.2, 0) is 9.53 Å². The van der Waals surface area contributed by atoms with Crippen molar-refractivity contribution in [1.82, 2.24) is 5.43 Å². The van der Waals surface area contributed by atoms with Crippen molar-refractivity contribution in [1.29, 1.82) is 0 Å². The maximum atomic E-state index is 12.5. The molecule has 0 atom stereocenters. The van der Waals surface area contributed by atoms with E-state index >= 15 is 0 Å². The molecule has 1 heterocycles. The third-order valence-corrected chi connectivity index (χ3v) is 4.66. The average Bonchev–Trinajstić information content (AvgIpc) is 3.00. The number of methoxy groups -OCH3 is 2. The number of nitrogens with one attached hydrogen (secondary N) is 1. The zero-order chi connectivity index (χ0) is 20.4. The van der Waals surface area contributed by atoms with Crippen LogP contribution in [0.2, 0.25) is 15.1 Å². The molecule has 28 heavy (non-hydrogen) atoms. The van der Waals surface area contributed by atoms with Crippen LogP contribution in [0.1, 0.15) is 16.8 Å². The number of benzene rings is 2. The lowest BCUT2D eigenvalue weighted by atomic mass is 10.2. The van der Waals surface area contributed by atoms with Crippen LogP contribution < -0.4 is 15.2 Å². The zero-order valence-corrected chi connectivity index (χ0v) is 17.0. The first-order valence-electron chi connectivity index (χ1n) is 7.92. The van der Waals surface area contributed by atoms with E-state index in [-0.39, 0.29) is 28.1 Å². The molecule has 146 valence electrons. The van der Waals surface area contributed by atoms with Gasteiger partial charge in [-0.2, -0.15) is 0 Å². The molecule has 1 amide bonds. The summed E-state index contributed by atoms with van der Waals surface area (Å²) in [5.74, 6) is -0.0725. The first-order chi connectivity index (χ1) is 13.3. The van der Waals surface area contributed by atoms with Crippen molar-refractivity contribution in [3.8, 4) is 5.75 Å². The number of nitrogens with zero attached hydrogens (tertiary/aromatic N) is 2. The van der Waals surface area contributed by atoms with Crippen LogP contribution in [-0.4, -0.2) is 31.9 Å². The van der Waals surface area contributed by atoms with E-state index in [1.165, 1.54) is 37.4 Å². The number of hydrogen-bond acceptors (Lipinski definition) is 5. The average molecular weight is 443 g/mol. The molecular formula is C18H14Cl3N3O4. The minimum atomic E-state index is -0.513. The molecule has 1 saturated heterocycles. The molecule has 2 aromatic carbocycles. The largest absolute Gasteiger partial charge is 0.494 e. The first-order valence-corrected chi connectivity index (χ1v) is 9.05. The summed E-state index contributed by atoms with van der Waals surface area (Å²) in [6, 6.07) is 7.62. The van der Waals surface area contributed by atoms with Gasteiger partial charge in [0.2, 0.25) is 0 Å². The fourth-order valence-corrected chi connectivity index (χ4v) is 3.60. The molecule has 7 nitrogen and oxygen atoms in total. The van der Waals surface area contributed by atoms with E-state index in [0.29, 0.717) is 27.9 Å². The highest BCUT2D eigenvalue weighted by molar-refractivity contribution is 6.42. The molecule has 2 aromatic rings. The van der Waals surface area contributed by atoms with Gasteiger partial charge in [0.05, 0.1) is 36.2 Å². The number of hydrazine groups is 1. The van der Waals surface area contributed by atoms with Gasteiger partial charge in [-0.05, 0) is 30.3 Å². The molecule has 1 fully saturated rings. The van der Waals surface area contributed by atoms with Crippen molar-refractivity contribution in [2.24, 2.45) is 4.99 Å². The van der Waals surface area contributed by atoms with Crippen molar-refractivity contribution in [2.45, 2.75) is 6.42 Å². The lowest BCUT2D eigenvalue weighted by molar-refractivity contribution is -0.116. The fraction of sp³-hybridized carbons (Fsp3) is 0.167. The Bertz CT molecular complexity index is 971. The summed E-state index contributed by atoms with van der Waals surface area (Å²) in [7, 11) is 2.76. The van der Waals surface area contributed by atoms with Gasteiger partial charge in [0.25, 0.3) is 5.91 Å². The zero-order valence-electron chi connectivity index (χ0n) is 14.8. The molecule has 3 rings (SSSR count). The molecule has 1 aliphatic rings. The highest BCUT2D eigenvalue weighted by Gasteiger charge is 2.30. The smallest absolute Gasteiger partial charge is 0.337 e. The van der Waals surface area contributed by atoms with Gasteiger partial charge < -0.3 is 9.47 Å². The number of anilines is 1. The van der Waals surface area contributed by atoms with E-state index in [0.717, 1.165) is 0 Å². The second kappa shape index (κ2) is 8.26. The molecule has 0 aliphatic carbocycles. The summed E-state index contributed by atoms with van der Waals surface area (Å²) in [6.07, 6.45) is -0.0269. The van der Waals surface area contributed by atoms with Gasteiger partial charge in [-0.25, -0.2) is 14.8 Å². The standard InChI is InChI=1S/C18H14Cl3N3O4/c1-27-14-4-3-9(18(26)28-2)5-13(14)22-15-8-16(25)24(23-15)17-11(20)6-10(19)7-12(17)21/h3-7H,8H2,1-2H3,(H,22,23). The van der Waals surface area contributed by atoms with Crippen molar-refractivity contribution in [2.75, 3.05) is 19.2 Å². The Hall–Kier alpha value is -2.48. The highest BCUT2D eigenvalue weighted by Crippen LogP contribution is 2.37. The van der Waals surface area contributed by atoms with Crippen molar-refractivity contribution in [3.05, 3.63) is 51.0 Å². The summed E-state index contributed by atoms with van der Waals surface area (Å²) in [6.45, 7) is 0. The number of carbonyl (C=O) groups excluding carboxylic acids is 2. The van der Waals surface area contributed by atoms with E-state index in [1.54, 1.807) is 12.1 Å². The van der Waals surface area contributed by atoms with Crippen LogP contribution in [0.15, 0.2) is 35.3 Å². The molecule has 10 heteroatoms. The van der Waals surface area contributed by atoms with Crippen LogP contribution >= 0.6 is 34.8 Å². The lowest BCUT2D eigenvalue weighted by Crippen LogP contribution is -2.36. The van der Waals surface area contributed by atoms with Crippen molar-refractivity contribution in [3.63, 3.8) is 0 Å². The Balaban J connectivity index is 1.96.